The van der Waals surface area contributed by atoms with Gasteiger partial charge in [0.25, 0.3) is 0 Å². The molecule has 0 aliphatic rings. The van der Waals surface area contributed by atoms with Crippen LogP contribution in [0, 0.1) is 0 Å². The molecule has 0 atom stereocenters. The fourth-order valence-electron chi connectivity index (χ4n) is 2.53. The molecule has 4 aromatic rings. The predicted molar refractivity (Wildman–Crippen MR) is 117 cm³/mol. The van der Waals surface area contributed by atoms with Gasteiger partial charge in [0.05, 0.1) is 21.7 Å². The molecule has 0 spiro atoms. The number of carbonyl (C=O) groups excluding carboxylic acids is 1. The van der Waals surface area contributed by atoms with Gasteiger partial charge in [-0.15, -0.1) is 11.3 Å². The normalized spacial score (nSPS) is 10.8. The number of thiazole rings is 1. The largest absolute Gasteiger partial charge is 0.455 e. The SMILES string of the molecule is O=C(CSc1nc2ccccc2s1)Nc1cc(Cl)ccc1Oc1ccccc1. The second kappa shape index (κ2) is 8.65. The van der Waals surface area contributed by atoms with Crippen LogP contribution in [0.25, 0.3) is 10.2 Å². The number of nitrogens with zero attached hydrogens (tertiary/aromatic N) is 1. The van der Waals surface area contributed by atoms with E-state index in [9.17, 15) is 4.79 Å². The molecule has 0 aliphatic carbocycles. The van der Waals surface area contributed by atoms with Crippen molar-refractivity contribution in [2.24, 2.45) is 0 Å². The summed E-state index contributed by atoms with van der Waals surface area (Å²) in [6, 6.07) is 22.5. The van der Waals surface area contributed by atoms with E-state index in [1.807, 2.05) is 54.6 Å². The van der Waals surface area contributed by atoms with Crippen LogP contribution >= 0.6 is 34.7 Å². The Hall–Kier alpha value is -2.54. The molecule has 1 amide bonds. The number of fused-ring (bicyclic) bond motifs is 1. The molecular formula is C21H15ClN2O2S2. The summed E-state index contributed by atoms with van der Waals surface area (Å²) in [6.45, 7) is 0. The molecule has 4 rings (SSSR count). The molecule has 7 heteroatoms. The zero-order valence-electron chi connectivity index (χ0n) is 14.6. The van der Waals surface area contributed by atoms with Crippen LogP contribution < -0.4 is 10.1 Å². The lowest BCUT2D eigenvalue weighted by Crippen LogP contribution is -2.14. The molecule has 0 fully saturated rings. The van der Waals surface area contributed by atoms with Crippen LogP contribution in [0.5, 0.6) is 11.5 Å². The number of aromatic nitrogens is 1. The van der Waals surface area contributed by atoms with Crippen molar-refractivity contribution in [3.63, 3.8) is 0 Å². The number of hydrogen-bond donors (Lipinski definition) is 1. The molecule has 0 saturated carbocycles. The van der Waals surface area contributed by atoms with Crippen molar-refractivity contribution in [1.82, 2.24) is 4.98 Å². The van der Waals surface area contributed by atoms with Crippen molar-refractivity contribution >= 4 is 56.5 Å². The lowest BCUT2D eigenvalue weighted by atomic mass is 10.3. The van der Waals surface area contributed by atoms with E-state index >= 15 is 0 Å². The number of anilines is 1. The highest BCUT2D eigenvalue weighted by molar-refractivity contribution is 8.01. The monoisotopic (exact) mass is 426 g/mol. The van der Waals surface area contributed by atoms with Crippen LogP contribution in [0.4, 0.5) is 5.69 Å². The molecule has 0 radical (unpaired) electrons. The maximum atomic E-state index is 12.5. The van der Waals surface area contributed by atoms with E-state index < -0.39 is 0 Å². The highest BCUT2D eigenvalue weighted by Gasteiger charge is 2.12. The molecule has 1 heterocycles. The number of rotatable bonds is 6. The Kier molecular flexibility index (Phi) is 5.81. The second-order valence-corrected chi connectivity index (χ2v) is 8.53. The van der Waals surface area contributed by atoms with Crippen LogP contribution in [0.1, 0.15) is 0 Å². The van der Waals surface area contributed by atoms with Crippen molar-refractivity contribution in [1.29, 1.82) is 0 Å². The molecule has 1 N–H and O–H groups in total. The van der Waals surface area contributed by atoms with Crippen LogP contribution in [0.2, 0.25) is 5.02 Å². The molecule has 4 nitrogen and oxygen atoms in total. The molecule has 0 bridgehead atoms. The van der Waals surface area contributed by atoms with Gasteiger partial charge >= 0.3 is 0 Å². The van der Waals surface area contributed by atoms with Crippen molar-refractivity contribution in [3.8, 4) is 11.5 Å². The quantitative estimate of drug-likeness (QED) is 0.359. The van der Waals surface area contributed by atoms with E-state index in [0.29, 0.717) is 22.2 Å². The Morgan fingerprint density at radius 2 is 1.86 bits per heavy atom. The lowest BCUT2D eigenvalue weighted by Gasteiger charge is -2.12. The number of nitrogens with one attached hydrogen (secondary N) is 1. The third-order valence-electron chi connectivity index (χ3n) is 3.79. The lowest BCUT2D eigenvalue weighted by molar-refractivity contribution is -0.113. The third-order valence-corrected chi connectivity index (χ3v) is 6.20. The van der Waals surface area contributed by atoms with E-state index in [0.717, 1.165) is 14.6 Å². The summed E-state index contributed by atoms with van der Waals surface area (Å²) in [4.78, 5) is 17.0. The van der Waals surface area contributed by atoms with Gasteiger partial charge in [-0.05, 0) is 42.5 Å². The first kappa shape index (κ1) is 18.8. The highest BCUT2D eigenvalue weighted by atomic mass is 35.5. The Morgan fingerprint density at radius 1 is 1.07 bits per heavy atom. The van der Waals surface area contributed by atoms with E-state index in [2.05, 4.69) is 10.3 Å². The number of carbonyl (C=O) groups is 1. The molecule has 3 aromatic carbocycles. The number of ether oxygens (including phenoxy) is 1. The Balaban J connectivity index is 1.44. The van der Waals surface area contributed by atoms with Gasteiger partial charge in [0, 0.05) is 5.02 Å². The first-order valence-corrected chi connectivity index (χ1v) is 10.7. The first-order valence-electron chi connectivity index (χ1n) is 8.48. The summed E-state index contributed by atoms with van der Waals surface area (Å²) in [6.07, 6.45) is 0. The number of para-hydroxylation sites is 2. The van der Waals surface area contributed by atoms with Gasteiger partial charge in [-0.25, -0.2) is 4.98 Å². The summed E-state index contributed by atoms with van der Waals surface area (Å²) in [5, 5.41) is 3.41. The summed E-state index contributed by atoms with van der Waals surface area (Å²) in [7, 11) is 0. The molecule has 0 saturated heterocycles. The van der Waals surface area contributed by atoms with Gasteiger partial charge in [-0.1, -0.05) is 53.7 Å². The molecular weight excluding hydrogens is 412 g/mol. The summed E-state index contributed by atoms with van der Waals surface area (Å²) in [5.74, 6) is 1.32. The number of amides is 1. The summed E-state index contributed by atoms with van der Waals surface area (Å²) in [5.41, 5.74) is 1.48. The van der Waals surface area contributed by atoms with Crippen molar-refractivity contribution < 1.29 is 9.53 Å². The van der Waals surface area contributed by atoms with Crippen LogP contribution in [0.15, 0.2) is 77.1 Å². The summed E-state index contributed by atoms with van der Waals surface area (Å²) >= 11 is 9.09. The van der Waals surface area contributed by atoms with Crippen molar-refractivity contribution in [3.05, 3.63) is 77.8 Å². The van der Waals surface area contributed by atoms with Gasteiger partial charge in [0.2, 0.25) is 5.91 Å². The number of benzene rings is 3. The van der Waals surface area contributed by atoms with Gasteiger partial charge in [-0.2, -0.15) is 0 Å². The van der Waals surface area contributed by atoms with Crippen LogP contribution in [-0.2, 0) is 4.79 Å². The summed E-state index contributed by atoms with van der Waals surface area (Å²) < 4.78 is 7.85. The average molecular weight is 427 g/mol. The average Bonchev–Trinajstić information content (AvgIpc) is 3.12. The van der Waals surface area contributed by atoms with Gasteiger partial charge in [0.1, 0.15) is 5.75 Å². The number of hydrogen-bond acceptors (Lipinski definition) is 5. The van der Waals surface area contributed by atoms with E-state index in [1.165, 1.54) is 11.8 Å². The fraction of sp³-hybridized carbons (Fsp3) is 0.0476. The Morgan fingerprint density at radius 3 is 2.68 bits per heavy atom. The minimum Gasteiger partial charge on any atom is -0.455 e. The Bertz CT molecular complexity index is 1080. The van der Waals surface area contributed by atoms with Crippen molar-refractivity contribution in [2.75, 3.05) is 11.1 Å². The zero-order valence-corrected chi connectivity index (χ0v) is 17.0. The van der Waals surface area contributed by atoms with E-state index in [1.54, 1.807) is 29.5 Å². The predicted octanol–water partition coefficient (Wildman–Crippen LogP) is 6.47. The topological polar surface area (TPSA) is 51.2 Å². The van der Waals surface area contributed by atoms with Gasteiger partial charge in [-0.3, -0.25) is 4.79 Å². The molecule has 0 aliphatic heterocycles. The minimum atomic E-state index is -0.149. The second-order valence-electron chi connectivity index (χ2n) is 5.84. The number of halogens is 1. The molecule has 1 aromatic heterocycles. The fourth-order valence-corrected chi connectivity index (χ4v) is 4.57. The van der Waals surface area contributed by atoms with E-state index in [-0.39, 0.29) is 11.7 Å². The molecule has 140 valence electrons. The van der Waals surface area contributed by atoms with E-state index in [4.69, 9.17) is 16.3 Å². The molecule has 28 heavy (non-hydrogen) atoms. The standard InChI is InChI=1S/C21H15ClN2O2S2/c22-14-10-11-18(26-15-6-2-1-3-7-15)17(12-14)23-20(25)13-27-21-24-16-8-4-5-9-19(16)28-21/h1-12H,13H2,(H,23,25). The van der Waals surface area contributed by atoms with Gasteiger partial charge < -0.3 is 10.1 Å². The van der Waals surface area contributed by atoms with Crippen LogP contribution in [0.3, 0.4) is 0 Å². The van der Waals surface area contributed by atoms with Crippen molar-refractivity contribution in [2.45, 2.75) is 4.34 Å². The third kappa shape index (κ3) is 4.65. The highest BCUT2D eigenvalue weighted by Crippen LogP contribution is 2.33. The Labute approximate surface area is 175 Å². The number of thioether (sulfide) groups is 1. The van der Waals surface area contributed by atoms with Gasteiger partial charge in [0.15, 0.2) is 10.1 Å². The molecule has 0 unspecified atom stereocenters. The minimum absolute atomic E-state index is 0.149. The zero-order chi connectivity index (χ0) is 19.3. The maximum Gasteiger partial charge on any atom is 0.234 e. The smallest absolute Gasteiger partial charge is 0.234 e. The first-order chi connectivity index (χ1) is 13.7. The maximum absolute atomic E-state index is 12.5. The van der Waals surface area contributed by atoms with Crippen LogP contribution in [-0.4, -0.2) is 16.6 Å².